The fraction of sp³-hybridized carbons (Fsp3) is 0.467. The average molecular weight is 371 g/mol. The molecule has 0 radical (unpaired) electrons. The van der Waals surface area contributed by atoms with Crippen molar-refractivity contribution in [2.75, 3.05) is 0 Å². The van der Waals surface area contributed by atoms with Gasteiger partial charge < -0.3 is 0 Å². The molecule has 0 aliphatic heterocycles. The second-order valence-corrected chi connectivity index (χ2v) is 5.49. The summed E-state index contributed by atoms with van der Waals surface area (Å²) in [6.45, 7) is 9.70. The first-order valence-electron chi connectivity index (χ1n) is 7.11. The molecule has 0 unspecified atom stereocenters. The van der Waals surface area contributed by atoms with E-state index in [4.69, 9.17) is 11.6 Å². The molecular formula is C15H19ClF4N2S. The van der Waals surface area contributed by atoms with Gasteiger partial charge >= 0.3 is 6.18 Å². The Hall–Kier alpha value is -1.21. The number of aromatic nitrogens is 2. The van der Waals surface area contributed by atoms with Crippen molar-refractivity contribution in [1.82, 2.24) is 10.2 Å². The minimum Gasteiger partial charge on any atom is -0.205 e. The SMILES string of the molecule is CC.CC.Cc1nnc(Cc2cc(C(F)(F)F)cc(Cl)c2F)s1. The first-order chi connectivity index (χ1) is 10.8. The Morgan fingerprint density at radius 2 is 1.65 bits per heavy atom. The molecule has 23 heavy (non-hydrogen) atoms. The van der Waals surface area contributed by atoms with Gasteiger partial charge in [0.05, 0.1) is 10.6 Å². The van der Waals surface area contributed by atoms with E-state index >= 15 is 0 Å². The highest BCUT2D eigenvalue weighted by Crippen LogP contribution is 2.34. The van der Waals surface area contributed by atoms with Crippen molar-refractivity contribution in [3.05, 3.63) is 44.1 Å². The van der Waals surface area contributed by atoms with Crippen LogP contribution in [0.4, 0.5) is 17.6 Å². The van der Waals surface area contributed by atoms with Gasteiger partial charge in [0.2, 0.25) is 0 Å². The van der Waals surface area contributed by atoms with Crippen LogP contribution < -0.4 is 0 Å². The monoisotopic (exact) mass is 370 g/mol. The summed E-state index contributed by atoms with van der Waals surface area (Å²) in [4.78, 5) is 0. The molecular weight excluding hydrogens is 352 g/mol. The first kappa shape index (κ1) is 21.8. The summed E-state index contributed by atoms with van der Waals surface area (Å²) in [6.07, 6.45) is -4.63. The highest BCUT2D eigenvalue weighted by molar-refractivity contribution is 7.11. The number of rotatable bonds is 2. The molecule has 1 heterocycles. The smallest absolute Gasteiger partial charge is 0.205 e. The second-order valence-electron chi connectivity index (χ2n) is 3.82. The maximum absolute atomic E-state index is 13.7. The normalized spacial score (nSPS) is 10.3. The Labute approximate surface area is 142 Å². The van der Waals surface area contributed by atoms with Crippen LogP contribution in [0.3, 0.4) is 0 Å². The lowest BCUT2D eigenvalue weighted by Crippen LogP contribution is -2.07. The molecule has 0 spiro atoms. The van der Waals surface area contributed by atoms with E-state index in [1.165, 1.54) is 11.3 Å². The van der Waals surface area contributed by atoms with Gasteiger partial charge in [0.1, 0.15) is 15.8 Å². The van der Waals surface area contributed by atoms with Crippen molar-refractivity contribution in [1.29, 1.82) is 0 Å². The van der Waals surface area contributed by atoms with Gasteiger partial charge in [0.15, 0.2) is 0 Å². The van der Waals surface area contributed by atoms with E-state index in [1.54, 1.807) is 6.92 Å². The lowest BCUT2D eigenvalue weighted by molar-refractivity contribution is -0.137. The van der Waals surface area contributed by atoms with Gasteiger partial charge in [-0.3, -0.25) is 0 Å². The Balaban J connectivity index is 0.00000112. The van der Waals surface area contributed by atoms with Gasteiger partial charge in [-0.15, -0.1) is 21.5 Å². The topological polar surface area (TPSA) is 25.8 Å². The van der Waals surface area contributed by atoms with Crippen molar-refractivity contribution < 1.29 is 17.6 Å². The molecule has 2 rings (SSSR count). The molecule has 0 bridgehead atoms. The minimum absolute atomic E-state index is 0.0685. The molecule has 0 aliphatic carbocycles. The summed E-state index contributed by atoms with van der Waals surface area (Å²) in [5.74, 6) is -0.859. The zero-order chi connectivity index (χ0) is 18.2. The summed E-state index contributed by atoms with van der Waals surface area (Å²) in [5, 5.41) is 8.03. The third kappa shape index (κ3) is 6.43. The summed E-state index contributed by atoms with van der Waals surface area (Å²) in [6, 6.07) is 1.32. The molecule has 0 saturated carbocycles. The molecule has 0 amide bonds. The zero-order valence-electron chi connectivity index (χ0n) is 13.6. The van der Waals surface area contributed by atoms with E-state index < -0.39 is 22.6 Å². The number of hydrogen-bond donors (Lipinski definition) is 0. The summed E-state index contributed by atoms with van der Waals surface area (Å²) < 4.78 is 51.6. The van der Waals surface area contributed by atoms with Crippen LogP contribution in [0.25, 0.3) is 0 Å². The molecule has 130 valence electrons. The largest absolute Gasteiger partial charge is 0.416 e. The maximum atomic E-state index is 13.7. The number of halogens is 5. The van der Waals surface area contributed by atoms with Crippen LogP contribution in [0, 0.1) is 12.7 Å². The van der Waals surface area contributed by atoms with Crippen molar-refractivity contribution in [3.63, 3.8) is 0 Å². The van der Waals surface area contributed by atoms with E-state index in [0.29, 0.717) is 16.1 Å². The van der Waals surface area contributed by atoms with Crippen LogP contribution in [0.1, 0.15) is 48.8 Å². The van der Waals surface area contributed by atoms with E-state index in [9.17, 15) is 17.6 Å². The number of alkyl halides is 3. The molecule has 0 N–H and O–H groups in total. The van der Waals surface area contributed by atoms with Crippen LogP contribution >= 0.6 is 22.9 Å². The quantitative estimate of drug-likeness (QED) is 0.579. The summed E-state index contributed by atoms with van der Waals surface area (Å²) in [7, 11) is 0. The lowest BCUT2D eigenvalue weighted by Gasteiger charge is -2.10. The van der Waals surface area contributed by atoms with Crippen LogP contribution in [-0.2, 0) is 12.6 Å². The van der Waals surface area contributed by atoms with Crippen LogP contribution in [0.15, 0.2) is 12.1 Å². The summed E-state index contributed by atoms with van der Waals surface area (Å²) in [5.41, 5.74) is -1.12. The van der Waals surface area contributed by atoms with Gasteiger partial charge in [-0.1, -0.05) is 39.3 Å². The van der Waals surface area contributed by atoms with Crippen molar-refractivity contribution in [2.24, 2.45) is 0 Å². The molecule has 0 saturated heterocycles. The van der Waals surface area contributed by atoms with Crippen molar-refractivity contribution in [3.8, 4) is 0 Å². The highest BCUT2D eigenvalue weighted by Gasteiger charge is 2.32. The van der Waals surface area contributed by atoms with Gasteiger partial charge in [-0.2, -0.15) is 13.2 Å². The van der Waals surface area contributed by atoms with Crippen LogP contribution in [-0.4, -0.2) is 10.2 Å². The van der Waals surface area contributed by atoms with Crippen molar-refractivity contribution >= 4 is 22.9 Å². The number of nitrogens with zero attached hydrogens (tertiary/aromatic N) is 2. The molecule has 1 aromatic heterocycles. The third-order valence-corrected chi connectivity index (χ3v) is 3.45. The zero-order valence-corrected chi connectivity index (χ0v) is 15.1. The van der Waals surface area contributed by atoms with Crippen LogP contribution in [0.5, 0.6) is 0 Å². The molecule has 0 fully saturated rings. The molecule has 2 aromatic rings. The van der Waals surface area contributed by atoms with Gasteiger partial charge in [0.25, 0.3) is 0 Å². The Morgan fingerprint density at radius 3 is 2.09 bits per heavy atom. The maximum Gasteiger partial charge on any atom is 0.416 e. The molecule has 0 aliphatic rings. The highest BCUT2D eigenvalue weighted by atomic mass is 35.5. The van der Waals surface area contributed by atoms with Gasteiger partial charge in [0, 0.05) is 6.42 Å². The van der Waals surface area contributed by atoms with E-state index in [0.717, 1.165) is 6.07 Å². The Bertz CT molecular complexity index is 612. The Kier molecular flexibility index (Phi) is 9.31. The molecule has 8 heteroatoms. The lowest BCUT2D eigenvalue weighted by atomic mass is 10.1. The number of hydrogen-bond acceptors (Lipinski definition) is 3. The van der Waals surface area contributed by atoms with Crippen molar-refractivity contribution in [2.45, 2.75) is 47.2 Å². The number of benzene rings is 1. The van der Waals surface area contributed by atoms with Crippen LogP contribution in [0.2, 0.25) is 5.02 Å². The van der Waals surface area contributed by atoms with E-state index in [-0.39, 0.29) is 12.0 Å². The second kappa shape index (κ2) is 9.82. The molecule has 0 atom stereocenters. The van der Waals surface area contributed by atoms with E-state index in [1.807, 2.05) is 27.7 Å². The minimum atomic E-state index is -4.57. The number of aryl methyl sites for hydroxylation is 1. The Morgan fingerprint density at radius 1 is 1.09 bits per heavy atom. The predicted molar refractivity (Wildman–Crippen MR) is 86.6 cm³/mol. The molecule has 2 nitrogen and oxygen atoms in total. The average Bonchev–Trinajstić information content (AvgIpc) is 2.92. The predicted octanol–water partition coefficient (Wildman–Crippen LogP) is 6.30. The van der Waals surface area contributed by atoms with Gasteiger partial charge in [-0.25, -0.2) is 4.39 Å². The van der Waals surface area contributed by atoms with E-state index in [2.05, 4.69) is 10.2 Å². The van der Waals surface area contributed by atoms with Gasteiger partial charge in [-0.05, 0) is 24.6 Å². The third-order valence-electron chi connectivity index (χ3n) is 2.34. The summed E-state index contributed by atoms with van der Waals surface area (Å²) >= 11 is 6.69. The fourth-order valence-electron chi connectivity index (χ4n) is 1.51. The molecule has 1 aromatic carbocycles. The fourth-order valence-corrected chi connectivity index (χ4v) is 2.48. The standard InChI is InChI=1S/C11H7ClF4N2S.2C2H6/c1-5-17-18-9(19-5)3-6-2-7(11(14,15)16)4-8(12)10(6)13;2*1-2/h2,4H,3H2,1H3;2*1-2H3. The first-order valence-corrected chi connectivity index (χ1v) is 8.31.